The molecule has 2 aromatic heterocycles. The number of rotatable bonds is 1. The molecule has 98 valence electrons. The number of aromatic amines is 1. The van der Waals surface area contributed by atoms with Crippen molar-refractivity contribution in [3.63, 3.8) is 0 Å². The van der Waals surface area contributed by atoms with Gasteiger partial charge in [0.1, 0.15) is 12.0 Å². The van der Waals surface area contributed by atoms with E-state index >= 15 is 0 Å². The third-order valence-corrected chi connectivity index (χ3v) is 3.93. The molecule has 0 aliphatic heterocycles. The van der Waals surface area contributed by atoms with Crippen LogP contribution in [0.1, 0.15) is 30.1 Å². The van der Waals surface area contributed by atoms with Gasteiger partial charge in [-0.05, 0) is 31.0 Å². The van der Waals surface area contributed by atoms with Gasteiger partial charge in [-0.2, -0.15) is 5.26 Å². The van der Waals surface area contributed by atoms with Crippen LogP contribution in [0, 0.1) is 11.3 Å². The van der Waals surface area contributed by atoms with Crippen molar-refractivity contribution in [3.8, 4) is 6.07 Å². The second-order valence-corrected chi connectivity index (χ2v) is 5.25. The van der Waals surface area contributed by atoms with Crippen LogP contribution in [0.5, 0.6) is 0 Å². The lowest BCUT2D eigenvalue weighted by atomic mass is 9.83. The first-order valence-electron chi connectivity index (χ1n) is 6.57. The quantitative estimate of drug-likeness (QED) is 0.735. The van der Waals surface area contributed by atoms with Crippen molar-refractivity contribution in [2.45, 2.75) is 24.9 Å². The number of nitrogens with one attached hydrogen (secondary N) is 1. The highest BCUT2D eigenvalue weighted by atomic mass is 19.1. The van der Waals surface area contributed by atoms with Crippen molar-refractivity contribution >= 4 is 21.9 Å². The van der Waals surface area contributed by atoms with Crippen LogP contribution in [0.2, 0.25) is 0 Å². The molecule has 1 fully saturated rings. The van der Waals surface area contributed by atoms with Gasteiger partial charge in [0.25, 0.3) is 0 Å². The Labute approximate surface area is 114 Å². The van der Waals surface area contributed by atoms with E-state index in [-0.39, 0.29) is 5.92 Å². The molecular weight excluding hydrogens is 255 g/mol. The van der Waals surface area contributed by atoms with E-state index in [0.717, 1.165) is 27.8 Å². The summed E-state index contributed by atoms with van der Waals surface area (Å²) >= 11 is 0. The number of imidazole rings is 1. The van der Waals surface area contributed by atoms with Crippen molar-refractivity contribution in [1.29, 1.82) is 5.26 Å². The van der Waals surface area contributed by atoms with Gasteiger partial charge in [0, 0.05) is 11.3 Å². The lowest BCUT2D eigenvalue weighted by Crippen LogP contribution is -2.23. The summed E-state index contributed by atoms with van der Waals surface area (Å²) in [6, 6.07) is 7.49. The molecule has 1 aromatic carbocycles. The lowest BCUT2D eigenvalue weighted by molar-refractivity contribution is 0.174. The zero-order valence-corrected chi connectivity index (χ0v) is 10.6. The lowest BCUT2D eigenvalue weighted by Gasteiger charge is -2.27. The predicted molar refractivity (Wildman–Crippen MR) is 73.0 cm³/mol. The first kappa shape index (κ1) is 11.4. The van der Waals surface area contributed by atoms with E-state index in [1.165, 1.54) is 0 Å². The molecule has 0 saturated heterocycles. The molecule has 0 amide bonds. The molecule has 2 heterocycles. The number of nitriles is 1. The fraction of sp³-hybridized carbons (Fsp3) is 0.267. The van der Waals surface area contributed by atoms with Crippen LogP contribution >= 0.6 is 0 Å². The molecule has 0 unspecified atom stereocenters. The molecule has 1 aliphatic rings. The highest BCUT2D eigenvalue weighted by molar-refractivity contribution is 6.02. The van der Waals surface area contributed by atoms with E-state index in [9.17, 15) is 4.39 Å². The minimum Gasteiger partial charge on any atom is -0.340 e. The van der Waals surface area contributed by atoms with E-state index < -0.39 is 6.17 Å². The topological polar surface area (TPSA) is 65.4 Å². The maximum Gasteiger partial charge on any atom is 0.110 e. The van der Waals surface area contributed by atoms with Crippen molar-refractivity contribution in [1.82, 2.24) is 15.0 Å². The van der Waals surface area contributed by atoms with Crippen molar-refractivity contribution in [2.75, 3.05) is 0 Å². The highest BCUT2D eigenvalue weighted by Crippen LogP contribution is 2.38. The summed E-state index contributed by atoms with van der Waals surface area (Å²) < 4.78 is 13.0. The normalized spacial score (nSPS) is 21.8. The average molecular weight is 266 g/mol. The summed E-state index contributed by atoms with van der Waals surface area (Å²) in [6.07, 6.45) is 2.11. The van der Waals surface area contributed by atoms with Gasteiger partial charge >= 0.3 is 0 Å². The van der Waals surface area contributed by atoms with E-state index in [0.29, 0.717) is 18.4 Å². The van der Waals surface area contributed by atoms with Gasteiger partial charge in [0.05, 0.1) is 34.4 Å². The standard InChI is InChI=1S/C15H11FN4/c16-10-4-9(5-10)15-19-13-7-18-12-2-1-8(6-17)3-11(12)14(13)20-15/h1-3,7,9-10H,4-5H2,(H,19,20). The molecule has 0 atom stereocenters. The molecule has 1 aliphatic carbocycles. The summed E-state index contributed by atoms with van der Waals surface area (Å²) in [6.45, 7) is 0. The van der Waals surface area contributed by atoms with E-state index in [2.05, 4.69) is 21.0 Å². The molecule has 1 N–H and O–H groups in total. The minimum atomic E-state index is -0.701. The fourth-order valence-corrected chi connectivity index (χ4v) is 2.71. The molecule has 4 rings (SSSR count). The molecule has 3 aromatic rings. The Balaban J connectivity index is 1.92. The molecule has 1 saturated carbocycles. The van der Waals surface area contributed by atoms with Gasteiger partial charge in [-0.3, -0.25) is 4.98 Å². The number of halogens is 1. The van der Waals surface area contributed by atoms with Gasteiger partial charge in [-0.25, -0.2) is 9.37 Å². The molecule has 0 radical (unpaired) electrons. The smallest absolute Gasteiger partial charge is 0.110 e. The van der Waals surface area contributed by atoms with Gasteiger partial charge in [-0.1, -0.05) is 0 Å². The molecule has 20 heavy (non-hydrogen) atoms. The molecular formula is C15H11FN4. The molecule has 0 spiro atoms. The molecule has 4 nitrogen and oxygen atoms in total. The third-order valence-electron chi connectivity index (χ3n) is 3.93. The number of fused-ring (bicyclic) bond motifs is 3. The highest BCUT2D eigenvalue weighted by Gasteiger charge is 2.32. The largest absolute Gasteiger partial charge is 0.340 e. The Kier molecular flexibility index (Phi) is 2.27. The third kappa shape index (κ3) is 1.58. The average Bonchev–Trinajstić information content (AvgIpc) is 2.87. The van der Waals surface area contributed by atoms with Crippen LogP contribution in [0.4, 0.5) is 4.39 Å². The Morgan fingerprint density at radius 1 is 1.35 bits per heavy atom. The van der Waals surface area contributed by atoms with Gasteiger partial charge in [0.2, 0.25) is 0 Å². The number of hydrogen-bond acceptors (Lipinski definition) is 3. The van der Waals surface area contributed by atoms with Gasteiger partial charge in [-0.15, -0.1) is 0 Å². The number of alkyl halides is 1. The van der Waals surface area contributed by atoms with Crippen LogP contribution in [-0.4, -0.2) is 21.1 Å². The van der Waals surface area contributed by atoms with E-state index in [1.54, 1.807) is 18.3 Å². The van der Waals surface area contributed by atoms with Gasteiger partial charge in [0.15, 0.2) is 0 Å². The molecule has 5 heteroatoms. The van der Waals surface area contributed by atoms with Crippen molar-refractivity contribution < 1.29 is 4.39 Å². The fourth-order valence-electron chi connectivity index (χ4n) is 2.71. The van der Waals surface area contributed by atoms with Crippen LogP contribution < -0.4 is 0 Å². The summed E-state index contributed by atoms with van der Waals surface area (Å²) in [4.78, 5) is 12.2. The van der Waals surface area contributed by atoms with E-state index in [1.807, 2.05) is 6.07 Å². The predicted octanol–water partition coefficient (Wildman–Crippen LogP) is 3.20. The number of benzene rings is 1. The number of pyridine rings is 1. The van der Waals surface area contributed by atoms with Crippen LogP contribution in [0.15, 0.2) is 24.4 Å². The maximum absolute atomic E-state index is 13.0. The summed E-state index contributed by atoms with van der Waals surface area (Å²) in [7, 11) is 0. The number of aromatic nitrogens is 3. The minimum absolute atomic E-state index is 0.173. The Morgan fingerprint density at radius 3 is 2.95 bits per heavy atom. The van der Waals surface area contributed by atoms with Gasteiger partial charge < -0.3 is 4.98 Å². The Bertz CT molecular complexity index is 855. The Morgan fingerprint density at radius 2 is 2.20 bits per heavy atom. The zero-order chi connectivity index (χ0) is 13.7. The molecule has 0 bridgehead atoms. The SMILES string of the molecule is N#Cc1ccc2ncc3[nH]c(C4CC(F)C4)nc3c2c1. The van der Waals surface area contributed by atoms with Crippen LogP contribution in [0.3, 0.4) is 0 Å². The first-order chi connectivity index (χ1) is 9.74. The number of hydrogen-bond donors (Lipinski definition) is 1. The van der Waals surface area contributed by atoms with Crippen LogP contribution in [-0.2, 0) is 0 Å². The summed E-state index contributed by atoms with van der Waals surface area (Å²) in [5.74, 6) is 0.997. The second-order valence-electron chi connectivity index (χ2n) is 5.25. The monoisotopic (exact) mass is 266 g/mol. The maximum atomic E-state index is 13.0. The summed E-state index contributed by atoms with van der Waals surface area (Å²) in [5, 5.41) is 9.86. The number of nitrogens with zero attached hydrogens (tertiary/aromatic N) is 3. The van der Waals surface area contributed by atoms with Crippen molar-refractivity contribution in [3.05, 3.63) is 35.8 Å². The van der Waals surface area contributed by atoms with Crippen molar-refractivity contribution in [2.24, 2.45) is 0 Å². The summed E-state index contributed by atoms with van der Waals surface area (Å²) in [5.41, 5.74) is 3.05. The second kappa shape index (κ2) is 4.01. The first-order valence-corrected chi connectivity index (χ1v) is 6.57. The zero-order valence-electron chi connectivity index (χ0n) is 10.6. The number of H-pyrrole nitrogens is 1. The van der Waals surface area contributed by atoms with Crippen LogP contribution in [0.25, 0.3) is 21.9 Å². The Hall–Kier alpha value is -2.48. The van der Waals surface area contributed by atoms with E-state index in [4.69, 9.17) is 5.26 Å².